The molecule has 6 nitrogen and oxygen atoms in total. The molecule has 7 heteroatoms. The van der Waals surface area contributed by atoms with Crippen LogP contribution >= 0.6 is 11.6 Å². The highest BCUT2D eigenvalue weighted by Gasteiger charge is 2.23. The maximum absolute atomic E-state index is 12.4. The lowest BCUT2D eigenvalue weighted by Crippen LogP contribution is -2.37. The van der Waals surface area contributed by atoms with Crippen molar-refractivity contribution in [2.24, 2.45) is 5.92 Å². The van der Waals surface area contributed by atoms with Crippen LogP contribution in [0.4, 0.5) is 11.5 Å². The highest BCUT2D eigenvalue weighted by atomic mass is 35.5. The molecular weight excluding hydrogens is 314 g/mol. The molecule has 0 radical (unpaired) electrons. The second-order valence-corrected chi connectivity index (χ2v) is 6.52. The lowest BCUT2D eigenvalue weighted by molar-refractivity contribution is 0.0918. The number of halogens is 1. The number of rotatable bonds is 4. The molecule has 1 aliphatic carbocycles. The van der Waals surface area contributed by atoms with Gasteiger partial charge in [0.1, 0.15) is 0 Å². The second-order valence-electron chi connectivity index (χ2n) is 6.09. The molecule has 1 aromatic heterocycles. The number of carbonyl (C=O) groups excluding carboxylic acids is 1. The summed E-state index contributed by atoms with van der Waals surface area (Å²) in [6, 6.07) is 7.45. The minimum Gasteiger partial charge on any atom is -0.348 e. The van der Waals surface area contributed by atoms with Crippen LogP contribution in [0, 0.1) is 5.92 Å². The Morgan fingerprint density at radius 2 is 2.04 bits per heavy atom. The first-order chi connectivity index (χ1) is 11.1. The van der Waals surface area contributed by atoms with Gasteiger partial charge < -0.3 is 10.6 Å². The van der Waals surface area contributed by atoms with E-state index in [1.165, 1.54) is 0 Å². The molecule has 0 spiro atoms. The van der Waals surface area contributed by atoms with Gasteiger partial charge >= 0.3 is 0 Å². The zero-order chi connectivity index (χ0) is 16.2. The van der Waals surface area contributed by atoms with Crippen LogP contribution in [0.2, 0.25) is 5.02 Å². The van der Waals surface area contributed by atoms with Gasteiger partial charge in [-0.2, -0.15) is 5.21 Å². The van der Waals surface area contributed by atoms with Crippen molar-refractivity contribution in [2.45, 2.75) is 38.6 Å². The van der Waals surface area contributed by atoms with Crippen molar-refractivity contribution in [3.8, 4) is 0 Å². The Bertz CT molecular complexity index is 679. The highest BCUT2D eigenvalue weighted by Crippen LogP contribution is 2.24. The van der Waals surface area contributed by atoms with E-state index in [-0.39, 0.29) is 17.6 Å². The van der Waals surface area contributed by atoms with Crippen LogP contribution in [0.5, 0.6) is 0 Å². The second kappa shape index (κ2) is 7.00. The summed E-state index contributed by atoms with van der Waals surface area (Å²) < 4.78 is 0. The van der Waals surface area contributed by atoms with Crippen molar-refractivity contribution in [3.63, 3.8) is 0 Å². The minimum absolute atomic E-state index is 0.206. The highest BCUT2D eigenvalue weighted by molar-refractivity contribution is 6.30. The number of H-pyrrole nitrogens is 1. The van der Waals surface area contributed by atoms with Crippen LogP contribution in [-0.2, 0) is 0 Å². The van der Waals surface area contributed by atoms with Crippen LogP contribution in [-0.4, -0.2) is 27.4 Å². The Morgan fingerprint density at radius 1 is 1.26 bits per heavy atom. The number of nitrogens with zero attached hydrogens (tertiary/aromatic N) is 2. The van der Waals surface area contributed by atoms with Gasteiger partial charge in [0, 0.05) is 16.8 Å². The molecule has 0 bridgehead atoms. The normalized spacial score (nSPS) is 21.0. The molecule has 3 N–H and O–H groups in total. The smallest absolute Gasteiger partial charge is 0.275 e. The molecule has 2 aromatic rings. The van der Waals surface area contributed by atoms with Crippen LogP contribution in [0.3, 0.4) is 0 Å². The Hall–Kier alpha value is -2.08. The Kier molecular flexibility index (Phi) is 4.81. The zero-order valence-corrected chi connectivity index (χ0v) is 13.7. The molecule has 0 saturated heterocycles. The average molecular weight is 334 g/mol. The number of carbonyl (C=O) groups is 1. The minimum atomic E-state index is -0.206. The molecule has 1 heterocycles. The van der Waals surface area contributed by atoms with E-state index in [0.717, 1.165) is 37.3 Å². The molecule has 1 fully saturated rings. The van der Waals surface area contributed by atoms with Gasteiger partial charge in [0.25, 0.3) is 5.91 Å². The van der Waals surface area contributed by atoms with Gasteiger partial charge in [-0.3, -0.25) is 4.79 Å². The van der Waals surface area contributed by atoms with Gasteiger partial charge in [0.15, 0.2) is 11.5 Å². The van der Waals surface area contributed by atoms with Gasteiger partial charge in [-0.05, 0) is 49.8 Å². The first-order valence-electron chi connectivity index (χ1n) is 7.86. The van der Waals surface area contributed by atoms with Crippen molar-refractivity contribution in [1.29, 1.82) is 0 Å². The molecule has 1 saturated carbocycles. The SMILES string of the molecule is CC1CCC(NC(=O)c2n[nH]nc2Nc2cccc(Cl)c2)CC1. The predicted molar refractivity (Wildman–Crippen MR) is 90.0 cm³/mol. The summed E-state index contributed by atoms with van der Waals surface area (Å²) in [5, 5.41) is 17.2. The fourth-order valence-corrected chi connectivity index (χ4v) is 3.03. The fraction of sp³-hybridized carbons (Fsp3) is 0.438. The maximum atomic E-state index is 12.4. The van der Waals surface area contributed by atoms with Gasteiger partial charge in [-0.1, -0.05) is 24.6 Å². The molecule has 1 amide bonds. The van der Waals surface area contributed by atoms with Crippen molar-refractivity contribution in [3.05, 3.63) is 35.0 Å². The van der Waals surface area contributed by atoms with E-state index in [1.54, 1.807) is 12.1 Å². The summed E-state index contributed by atoms with van der Waals surface area (Å²) >= 11 is 5.96. The topological polar surface area (TPSA) is 82.7 Å². The number of aromatic amines is 1. The molecule has 0 unspecified atom stereocenters. The summed E-state index contributed by atoms with van der Waals surface area (Å²) in [5.74, 6) is 0.937. The van der Waals surface area contributed by atoms with E-state index < -0.39 is 0 Å². The fourth-order valence-electron chi connectivity index (χ4n) is 2.84. The van der Waals surface area contributed by atoms with E-state index in [1.807, 2.05) is 12.1 Å². The number of hydrogen-bond acceptors (Lipinski definition) is 4. The largest absolute Gasteiger partial charge is 0.348 e. The lowest BCUT2D eigenvalue weighted by atomic mass is 9.87. The lowest BCUT2D eigenvalue weighted by Gasteiger charge is -2.26. The predicted octanol–water partition coefficient (Wildman–Crippen LogP) is 3.51. The van der Waals surface area contributed by atoms with Crippen molar-refractivity contribution < 1.29 is 4.79 Å². The standard InChI is InChI=1S/C16H20ClN5O/c1-10-5-7-12(8-6-10)19-16(23)14-15(21-22-20-14)18-13-4-2-3-11(17)9-13/h2-4,9-10,12H,5-8H2,1H3,(H,19,23)(H2,18,20,21,22). The molecule has 1 aromatic carbocycles. The number of nitrogens with one attached hydrogen (secondary N) is 3. The number of aromatic nitrogens is 3. The number of anilines is 2. The Morgan fingerprint density at radius 3 is 2.78 bits per heavy atom. The molecule has 0 atom stereocenters. The average Bonchev–Trinajstić information content (AvgIpc) is 2.98. The summed E-state index contributed by atoms with van der Waals surface area (Å²) in [7, 11) is 0. The van der Waals surface area contributed by atoms with E-state index in [9.17, 15) is 4.79 Å². The van der Waals surface area contributed by atoms with E-state index >= 15 is 0 Å². The first kappa shape index (κ1) is 15.8. The van der Waals surface area contributed by atoms with Crippen molar-refractivity contribution in [2.75, 3.05) is 5.32 Å². The van der Waals surface area contributed by atoms with Gasteiger partial charge in [0.05, 0.1) is 0 Å². The molecular formula is C16H20ClN5O. The molecule has 23 heavy (non-hydrogen) atoms. The van der Waals surface area contributed by atoms with Crippen LogP contribution in [0.15, 0.2) is 24.3 Å². The van der Waals surface area contributed by atoms with Crippen molar-refractivity contribution in [1.82, 2.24) is 20.7 Å². The maximum Gasteiger partial charge on any atom is 0.275 e. The summed E-state index contributed by atoms with van der Waals surface area (Å²) in [6.07, 6.45) is 4.33. The third-order valence-electron chi connectivity index (χ3n) is 4.20. The van der Waals surface area contributed by atoms with E-state index in [0.29, 0.717) is 10.8 Å². The van der Waals surface area contributed by atoms with Gasteiger partial charge in [-0.15, -0.1) is 10.2 Å². The van der Waals surface area contributed by atoms with Gasteiger partial charge in [-0.25, -0.2) is 0 Å². The Balaban J connectivity index is 1.66. The van der Waals surface area contributed by atoms with Crippen LogP contribution in [0.25, 0.3) is 0 Å². The summed E-state index contributed by atoms with van der Waals surface area (Å²) in [4.78, 5) is 12.4. The molecule has 122 valence electrons. The van der Waals surface area contributed by atoms with Gasteiger partial charge in [0.2, 0.25) is 0 Å². The van der Waals surface area contributed by atoms with Crippen LogP contribution in [0.1, 0.15) is 43.1 Å². The molecule has 1 aliphatic rings. The number of amides is 1. The molecule has 3 rings (SSSR count). The van der Waals surface area contributed by atoms with Crippen LogP contribution < -0.4 is 10.6 Å². The quantitative estimate of drug-likeness (QED) is 0.799. The van der Waals surface area contributed by atoms with Crippen molar-refractivity contribution >= 4 is 29.0 Å². The number of hydrogen-bond donors (Lipinski definition) is 3. The van der Waals surface area contributed by atoms with E-state index in [2.05, 4.69) is 33.0 Å². The monoisotopic (exact) mass is 333 g/mol. The first-order valence-corrected chi connectivity index (χ1v) is 8.24. The summed E-state index contributed by atoms with van der Waals surface area (Å²) in [6.45, 7) is 2.25. The third-order valence-corrected chi connectivity index (χ3v) is 4.44. The molecule has 0 aliphatic heterocycles. The number of benzene rings is 1. The van der Waals surface area contributed by atoms with E-state index in [4.69, 9.17) is 11.6 Å². The zero-order valence-electron chi connectivity index (χ0n) is 13.0. The Labute approximate surface area is 140 Å². The summed E-state index contributed by atoms with van der Waals surface area (Å²) in [5.41, 5.74) is 1.02. The third kappa shape index (κ3) is 4.01.